The van der Waals surface area contributed by atoms with Gasteiger partial charge >= 0.3 is 0 Å². The number of sulfonamides is 1. The van der Waals surface area contributed by atoms with Crippen LogP contribution in [0.2, 0.25) is 0 Å². The van der Waals surface area contributed by atoms with Crippen LogP contribution in [-0.2, 0) is 21.2 Å². The Balaban J connectivity index is 2.14. The van der Waals surface area contributed by atoms with Crippen molar-refractivity contribution in [2.24, 2.45) is 5.73 Å². The zero-order chi connectivity index (χ0) is 13.9. The molecule has 2 rings (SSSR count). The fraction of sp³-hybridized carbons (Fsp3) is 0.0833. The summed E-state index contributed by atoms with van der Waals surface area (Å²) < 4.78 is 26.6. The minimum absolute atomic E-state index is 0.137. The Morgan fingerprint density at radius 3 is 2.42 bits per heavy atom. The molecule has 1 aromatic heterocycles. The summed E-state index contributed by atoms with van der Waals surface area (Å²) in [5.74, 6) is -0.424. The molecule has 0 fully saturated rings. The molecular formula is C12H12N2O3S2. The maximum Gasteiger partial charge on any atom is 0.271 e. The van der Waals surface area contributed by atoms with Crippen molar-refractivity contribution in [1.29, 1.82) is 0 Å². The summed E-state index contributed by atoms with van der Waals surface area (Å²) >= 11 is 1.15. The van der Waals surface area contributed by atoms with Gasteiger partial charge in [-0.15, -0.1) is 11.3 Å². The molecule has 0 bridgehead atoms. The molecule has 2 aromatic rings. The Bertz CT molecular complexity index is 662. The number of nitrogens with one attached hydrogen (secondary N) is 1. The van der Waals surface area contributed by atoms with E-state index in [4.69, 9.17) is 5.73 Å². The zero-order valence-corrected chi connectivity index (χ0v) is 11.5. The van der Waals surface area contributed by atoms with E-state index in [1.807, 2.05) is 0 Å². The lowest BCUT2D eigenvalue weighted by atomic mass is 10.1. The van der Waals surface area contributed by atoms with Crippen LogP contribution >= 0.6 is 11.3 Å². The van der Waals surface area contributed by atoms with Gasteiger partial charge in [-0.05, 0) is 29.1 Å². The quantitative estimate of drug-likeness (QED) is 0.877. The lowest BCUT2D eigenvalue weighted by molar-refractivity contribution is -0.117. The van der Waals surface area contributed by atoms with E-state index >= 15 is 0 Å². The minimum Gasteiger partial charge on any atom is -0.369 e. The van der Waals surface area contributed by atoms with Crippen LogP contribution in [0, 0.1) is 0 Å². The lowest BCUT2D eigenvalue weighted by Gasteiger charge is -2.06. The maximum absolute atomic E-state index is 12.0. The number of anilines is 1. The van der Waals surface area contributed by atoms with Gasteiger partial charge in [0.15, 0.2) is 0 Å². The number of carbonyl (C=O) groups is 1. The van der Waals surface area contributed by atoms with E-state index in [2.05, 4.69) is 4.72 Å². The number of hydrogen-bond acceptors (Lipinski definition) is 4. The van der Waals surface area contributed by atoms with Crippen LogP contribution in [0.1, 0.15) is 5.56 Å². The summed E-state index contributed by atoms with van der Waals surface area (Å²) in [6.07, 6.45) is 0.137. The molecule has 0 atom stereocenters. The van der Waals surface area contributed by atoms with Gasteiger partial charge in [0, 0.05) is 5.69 Å². The molecular weight excluding hydrogens is 284 g/mol. The molecule has 19 heavy (non-hydrogen) atoms. The van der Waals surface area contributed by atoms with E-state index in [9.17, 15) is 13.2 Å². The SMILES string of the molecule is NC(=O)Cc1ccc(NS(=O)(=O)c2cccs2)cc1. The highest BCUT2D eigenvalue weighted by Crippen LogP contribution is 2.20. The molecule has 1 amide bonds. The minimum atomic E-state index is -3.53. The van der Waals surface area contributed by atoms with Gasteiger partial charge < -0.3 is 5.73 Å². The Hall–Kier alpha value is -1.86. The van der Waals surface area contributed by atoms with Gasteiger partial charge in [0.1, 0.15) is 4.21 Å². The summed E-state index contributed by atoms with van der Waals surface area (Å²) in [7, 11) is -3.53. The van der Waals surface area contributed by atoms with Crippen LogP contribution in [-0.4, -0.2) is 14.3 Å². The van der Waals surface area contributed by atoms with Crippen molar-refractivity contribution in [3.8, 4) is 0 Å². The third kappa shape index (κ3) is 3.55. The van der Waals surface area contributed by atoms with Crippen molar-refractivity contribution in [1.82, 2.24) is 0 Å². The molecule has 0 aliphatic rings. The molecule has 0 spiro atoms. The molecule has 5 nitrogen and oxygen atoms in total. The van der Waals surface area contributed by atoms with Gasteiger partial charge in [-0.1, -0.05) is 18.2 Å². The van der Waals surface area contributed by atoms with E-state index in [0.29, 0.717) is 5.69 Å². The summed E-state index contributed by atoms with van der Waals surface area (Å²) in [4.78, 5) is 10.7. The molecule has 0 saturated carbocycles. The Morgan fingerprint density at radius 1 is 1.21 bits per heavy atom. The predicted octanol–water partition coefficient (Wildman–Crippen LogP) is 1.58. The first-order valence-corrected chi connectivity index (χ1v) is 7.77. The molecule has 0 aliphatic heterocycles. The van der Waals surface area contributed by atoms with Crippen molar-refractivity contribution < 1.29 is 13.2 Å². The van der Waals surface area contributed by atoms with E-state index < -0.39 is 15.9 Å². The van der Waals surface area contributed by atoms with Gasteiger partial charge in [0.25, 0.3) is 10.0 Å². The van der Waals surface area contributed by atoms with Crippen LogP contribution < -0.4 is 10.5 Å². The van der Waals surface area contributed by atoms with Crippen LogP contribution in [0.25, 0.3) is 0 Å². The number of primary amides is 1. The van der Waals surface area contributed by atoms with Crippen LogP contribution in [0.3, 0.4) is 0 Å². The largest absolute Gasteiger partial charge is 0.369 e. The third-order valence-electron chi connectivity index (χ3n) is 2.34. The molecule has 3 N–H and O–H groups in total. The predicted molar refractivity (Wildman–Crippen MR) is 74.5 cm³/mol. The molecule has 0 radical (unpaired) electrons. The number of nitrogens with two attached hydrogens (primary N) is 1. The number of thiophene rings is 1. The highest BCUT2D eigenvalue weighted by Gasteiger charge is 2.14. The van der Waals surface area contributed by atoms with E-state index in [1.54, 1.807) is 35.7 Å². The maximum atomic E-state index is 12.0. The summed E-state index contributed by atoms with van der Waals surface area (Å²) in [6, 6.07) is 9.74. The Kier molecular flexibility index (Phi) is 3.87. The van der Waals surface area contributed by atoms with Crippen LogP contribution in [0.5, 0.6) is 0 Å². The molecule has 0 saturated heterocycles. The van der Waals surface area contributed by atoms with E-state index in [1.165, 1.54) is 6.07 Å². The lowest BCUT2D eigenvalue weighted by Crippen LogP contribution is -2.14. The normalized spacial score (nSPS) is 11.2. The smallest absolute Gasteiger partial charge is 0.271 e. The summed E-state index contributed by atoms with van der Waals surface area (Å²) in [5, 5.41) is 1.70. The first-order valence-electron chi connectivity index (χ1n) is 5.41. The fourth-order valence-corrected chi connectivity index (χ4v) is 3.57. The van der Waals surface area contributed by atoms with Crippen LogP contribution in [0.4, 0.5) is 5.69 Å². The monoisotopic (exact) mass is 296 g/mol. The van der Waals surface area contributed by atoms with Crippen LogP contribution in [0.15, 0.2) is 46.0 Å². The first kappa shape index (κ1) is 13.6. The second-order valence-corrected chi connectivity index (χ2v) is 6.73. The van der Waals surface area contributed by atoms with Crippen molar-refractivity contribution >= 4 is 33.0 Å². The van der Waals surface area contributed by atoms with Gasteiger partial charge in [-0.25, -0.2) is 8.42 Å². The van der Waals surface area contributed by atoms with Crippen molar-refractivity contribution in [3.05, 3.63) is 47.3 Å². The van der Waals surface area contributed by atoms with Gasteiger partial charge in [-0.3, -0.25) is 9.52 Å². The zero-order valence-electron chi connectivity index (χ0n) is 9.87. The van der Waals surface area contributed by atoms with Crippen molar-refractivity contribution in [3.63, 3.8) is 0 Å². The number of benzene rings is 1. The highest BCUT2D eigenvalue weighted by molar-refractivity contribution is 7.94. The van der Waals surface area contributed by atoms with Gasteiger partial charge in [0.05, 0.1) is 6.42 Å². The number of rotatable bonds is 5. The molecule has 0 unspecified atom stereocenters. The molecule has 100 valence electrons. The van der Waals surface area contributed by atoms with Gasteiger partial charge in [0.2, 0.25) is 5.91 Å². The second-order valence-electron chi connectivity index (χ2n) is 3.88. The Morgan fingerprint density at radius 2 is 1.89 bits per heavy atom. The number of carbonyl (C=O) groups excluding carboxylic acids is 1. The topological polar surface area (TPSA) is 89.3 Å². The third-order valence-corrected chi connectivity index (χ3v) is 5.12. The molecule has 7 heteroatoms. The number of hydrogen-bond donors (Lipinski definition) is 2. The van der Waals surface area contributed by atoms with Gasteiger partial charge in [-0.2, -0.15) is 0 Å². The highest BCUT2D eigenvalue weighted by atomic mass is 32.2. The fourth-order valence-electron chi connectivity index (χ4n) is 1.51. The average Bonchev–Trinajstić information content (AvgIpc) is 2.85. The van der Waals surface area contributed by atoms with Crippen molar-refractivity contribution in [2.75, 3.05) is 4.72 Å². The average molecular weight is 296 g/mol. The Labute approximate surface area is 115 Å². The standard InChI is InChI=1S/C12H12N2O3S2/c13-11(15)8-9-3-5-10(6-4-9)14-19(16,17)12-2-1-7-18-12/h1-7,14H,8H2,(H2,13,15). The summed E-state index contributed by atoms with van der Waals surface area (Å²) in [5.41, 5.74) is 6.27. The number of amides is 1. The molecule has 1 aromatic carbocycles. The summed E-state index contributed by atoms with van der Waals surface area (Å²) in [6.45, 7) is 0. The molecule has 0 aliphatic carbocycles. The first-order chi connectivity index (χ1) is 8.97. The van der Waals surface area contributed by atoms with Crippen molar-refractivity contribution in [2.45, 2.75) is 10.6 Å². The van der Waals surface area contributed by atoms with E-state index in [-0.39, 0.29) is 10.6 Å². The van der Waals surface area contributed by atoms with E-state index in [0.717, 1.165) is 16.9 Å². The molecule has 1 heterocycles. The second kappa shape index (κ2) is 5.41.